The van der Waals surface area contributed by atoms with E-state index in [0.717, 1.165) is 10.6 Å². The van der Waals surface area contributed by atoms with Gasteiger partial charge in [-0.2, -0.15) is 0 Å². The van der Waals surface area contributed by atoms with Crippen LogP contribution in [-0.4, -0.2) is 48.2 Å². The van der Waals surface area contributed by atoms with Crippen LogP contribution in [0.2, 0.25) is 5.02 Å². The highest BCUT2D eigenvalue weighted by Gasteiger charge is 2.22. The van der Waals surface area contributed by atoms with Gasteiger partial charge in [-0.15, -0.1) is 0 Å². The smallest absolute Gasteiger partial charge is 0.343 e. The molecular weight excluding hydrogens is 518 g/mol. The number of hydrogen-bond acceptors (Lipinski definition) is 9. The molecule has 0 aliphatic heterocycles. The Morgan fingerprint density at radius 2 is 2.05 bits per heavy atom. The topological polar surface area (TPSA) is 109 Å². The van der Waals surface area contributed by atoms with Crippen molar-refractivity contribution in [1.82, 2.24) is 15.3 Å². The molecule has 37 heavy (non-hydrogen) atoms. The van der Waals surface area contributed by atoms with Crippen LogP contribution in [0.3, 0.4) is 0 Å². The molecule has 1 amide bonds. The number of pyridine rings is 1. The van der Waals surface area contributed by atoms with E-state index in [4.69, 9.17) is 25.8 Å². The zero-order valence-corrected chi connectivity index (χ0v) is 21.9. The standard InChI is InChI=1S/C26H26ClN3O6S/c1-16(30-25(32)18-9-10-28-23(11-18)35-15-24(31)33-2)3-7-20-13-29-26(37-20)36-22-8-6-19(12-21(22)27)34-14-17-4-5-17/h3,6-13,16-17H,4-5,14-15H2,1-2H3,(H,30,32)/b7-3+/t16-/m0/s1. The first-order valence-corrected chi connectivity index (χ1v) is 12.8. The van der Waals surface area contributed by atoms with Crippen LogP contribution in [-0.2, 0) is 9.53 Å². The second kappa shape index (κ2) is 12.6. The minimum atomic E-state index is -0.540. The number of nitrogens with one attached hydrogen (secondary N) is 1. The number of aromatic nitrogens is 2. The first-order valence-electron chi connectivity index (χ1n) is 11.6. The Bertz CT molecular complexity index is 1280. The maximum absolute atomic E-state index is 12.6. The minimum Gasteiger partial charge on any atom is -0.493 e. The summed E-state index contributed by atoms with van der Waals surface area (Å²) in [7, 11) is 1.26. The monoisotopic (exact) mass is 543 g/mol. The van der Waals surface area contributed by atoms with Gasteiger partial charge in [0.05, 0.1) is 23.6 Å². The zero-order chi connectivity index (χ0) is 26.2. The molecule has 0 unspecified atom stereocenters. The molecule has 1 aromatic carbocycles. The fourth-order valence-corrected chi connectivity index (χ4v) is 3.94. The van der Waals surface area contributed by atoms with E-state index in [2.05, 4.69) is 20.0 Å². The quantitative estimate of drug-likeness (QED) is 0.312. The fourth-order valence-electron chi connectivity index (χ4n) is 3.04. The number of benzene rings is 1. The van der Waals surface area contributed by atoms with Crippen molar-refractivity contribution in [3.63, 3.8) is 0 Å². The van der Waals surface area contributed by atoms with E-state index >= 15 is 0 Å². The van der Waals surface area contributed by atoms with E-state index in [0.29, 0.717) is 34.1 Å². The summed E-state index contributed by atoms with van der Waals surface area (Å²) in [5.74, 6) is 1.18. The molecule has 1 saturated carbocycles. The number of nitrogens with zero attached hydrogens (tertiary/aromatic N) is 2. The summed E-state index contributed by atoms with van der Waals surface area (Å²) in [5.41, 5.74) is 0.351. The van der Waals surface area contributed by atoms with Crippen molar-refractivity contribution in [2.75, 3.05) is 20.3 Å². The molecule has 0 bridgehead atoms. The van der Waals surface area contributed by atoms with Gasteiger partial charge >= 0.3 is 5.97 Å². The molecule has 1 atom stereocenters. The van der Waals surface area contributed by atoms with Crippen molar-refractivity contribution in [3.05, 3.63) is 64.3 Å². The Hall–Kier alpha value is -3.63. The van der Waals surface area contributed by atoms with Crippen molar-refractivity contribution in [3.8, 4) is 22.6 Å². The molecule has 2 aromatic heterocycles. The first kappa shape index (κ1) is 26.4. The van der Waals surface area contributed by atoms with E-state index in [1.54, 1.807) is 24.4 Å². The second-order valence-electron chi connectivity index (χ2n) is 8.35. The first-order chi connectivity index (χ1) is 17.9. The molecule has 11 heteroatoms. The Morgan fingerprint density at radius 3 is 2.81 bits per heavy atom. The maximum atomic E-state index is 12.6. The molecule has 0 spiro atoms. The van der Waals surface area contributed by atoms with Gasteiger partial charge in [0, 0.05) is 36.1 Å². The molecule has 1 aliphatic carbocycles. The third-order valence-electron chi connectivity index (χ3n) is 5.26. The molecule has 2 heterocycles. The van der Waals surface area contributed by atoms with Gasteiger partial charge in [-0.25, -0.2) is 14.8 Å². The molecular formula is C26H26ClN3O6S. The SMILES string of the molecule is COC(=O)COc1cc(C(=O)N[C@@H](C)/C=C/c2cnc(Oc3ccc(OCC4CC4)cc3Cl)s2)ccn1. The molecule has 4 rings (SSSR count). The van der Waals surface area contributed by atoms with Crippen LogP contribution in [0, 0.1) is 5.92 Å². The van der Waals surface area contributed by atoms with Crippen molar-refractivity contribution in [2.24, 2.45) is 5.92 Å². The molecule has 1 fully saturated rings. The molecule has 194 valence electrons. The van der Waals surface area contributed by atoms with Crippen molar-refractivity contribution in [1.29, 1.82) is 0 Å². The highest BCUT2D eigenvalue weighted by molar-refractivity contribution is 7.14. The number of carbonyl (C=O) groups excluding carboxylic acids is 2. The summed E-state index contributed by atoms with van der Waals surface area (Å²) in [6.07, 6.45) is 9.25. The van der Waals surface area contributed by atoms with Crippen LogP contribution in [0.1, 0.15) is 35.0 Å². The predicted molar refractivity (Wildman–Crippen MR) is 140 cm³/mol. The van der Waals surface area contributed by atoms with E-state index in [1.165, 1.54) is 43.6 Å². The van der Waals surface area contributed by atoms with Gasteiger partial charge < -0.3 is 24.3 Å². The lowest BCUT2D eigenvalue weighted by molar-refractivity contribution is -0.143. The lowest BCUT2D eigenvalue weighted by Gasteiger charge is -2.10. The zero-order valence-electron chi connectivity index (χ0n) is 20.3. The van der Waals surface area contributed by atoms with Crippen LogP contribution >= 0.6 is 22.9 Å². The van der Waals surface area contributed by atoms with Gasteiger partial charge in [0.25, 0.3) is 11.1 Å². The number of rotatable bonds is 12. The number of esters is 1. The highest BCUT2D eigenvalue weighted by atomic mass is 35.5. The summed E-state index contributed by atoms with van der Waals surface area (Å²) in [6, 6.07) is 8.08. The van der Waals surface area contributed by atoms with Crippen LogP contribution in [0.25, 0.3) is 6.08 Å². The number of hydrogen-bond donors (Lipinski definition) is 1. The number of methoxy groups -OCH3 is 1. The Labute approximate surface area is 223 Å². The van der Waals surface area contributed by atoms with Gasteiger partial charge in [-0.1, -0.05) is 29.0 Å². The molecule has 1 aliphatic rings. The molecule has 0 radical (unpaired) electrons. The van der Waals surface area contributed by atoms with Gasteiger partial charge in [0.15, 0.2) is 6.61 Å². The summed E-state index contributed by atoms with van der Waals surface area (Å²) < 4.78 is 21.3. The van der Waals surface area contributed by atoms with Gasteiger partial charge in [0.2, 0.25) is 5.88 Å². The van der Waals surface area contributed by atoms with Crippen LogP contribution < -0.4 is 19.5 Å². The fraction of sp³-hybridized carbons (Fsp3) is 0.308. The summed E-state index contributed by atoms with van der Waals surface area (Å²) in [4.78, 5) is 32.9. The maximum Gasteiger partial charge on any atom is 0.343 e. The normalized spacial score (nSPS) is 13.7. The van der Waals surface area contributed by atoms with E-state index in [9.17, 15) is 9.59 Å². The van der Waals surface area contributed by atoms with Crippen LogP contribution in [0.5, 0.6) is 22.6 Å². The molecule has 1 N–H and O–H groups in total. The largest absolute Gasteiger partial charge is 0.493 e. The summed E-state index contributed by atoms with van der Waals surface area (Å²) in [5, 5.41) is 3.77. The number of thiazole rings is 1. The van der Waals surface area contributed by atoms with Crippen molar-refractivity contribution in [2.45, 2.75) is 25.8 Å². The second-order valence-corrected chi connectivity index (χ2v) is 9.78. The van der Waals surface area contributed by atoms with Crippen LogP contribution in [0.4, 0.5) is 0 Å². The van der Waals surface area contributed by atoms with Gasteiger partial charge in [-0.3, -0.25) is 4.79 Å². The van der Waals surface area contributed by atoms with Crippen molar-refractivity contribution < 1.29 is 28.5 Å². The van der Waals surface area contributed by atoms with Crippen LogP contribution in [0.15, 0.2) is 48.8 Å². The minimum absolute atomic E-state index is 0.152. The number of halogens is 1. The lowest BCUT2D eigenvalue weighted by atomic mass is 10.2. The highest BCUT2D eigenvalue weighted by Crippen LogP contribution is 2.35. The number of carbonyl (C=O) groups is 2. The van der Waals surface area contributed by atoms with Crippen molar-refractivity contribution >= 4 is 40.9 Å². The van der Waals surface area contributed by atoms with E-state index in [-0.39, 0.29) is 24.4 Å². The lowest BCUT2D eigenvalue weighted by Crippen LogP contribution is -2.31. The summed E-state index contributed by atoms with van der Waals surface area (Å²) >= 11 is 7.70. The third kappa shape index (κ3) is 8.19. The Morgan fingerprint density at radius 1 is 1.22 bits per heavy atom. The van der Waals surface area contributed by atoms with E-state index < -0.39 is 5.97 Å². The van der Waals surface area contributed by atoms with Gasteiger partial charge in [0.1, 0.15) is 11.5 Å². The molecule has 0 saturated heterocycles. The average Bonchev–Trinajstić information content (AvgIpc) is 3.63. The summed E-state index contributed by atoms with van der Waals surface area (Å²) in [6.45, 7) is 2.27. The molecule has 9 nitrogen and oxygen atoms in total. The number of amides is 1. The Kier molecular flexibility index (Phi) is 8.97. The predicted octanol–water partition coefficient (Wildman–Crippen LogP) is 5.16. The molecule has 3 aromatic rings. The third-order valence-corrected chi connectivity index (χ3v) is 6.39. The Balaban J connectivity index is 1.28. The van der Waals surface area contributed by atoms with Gasteiger partial charge in [-0.05, 0) is 50.0 Å². The average molecular weight is 544 g/mol. The van der Waals surface area contributed by atoms with E-state index in [1.807, 2.05) is 25.1 Å². The number of ether oxygens (including phenoxy) is 4.